The third-order valence-electron chi connectivity index (χ3n) is 3.93. The number of nitrogens with one attached hydrogen (secondary N) is 2. The molecule has 0 fully saturated rings. The molecule has 0 atom stereocenters. The van der Waals surface area contributed by atoms with Gasteiger partial charge in [-0.05, 0) is 72.7 Å². The summed E-state index contributed by atoms with van der Waals surface area (Å²) in [5.74, 6) is 0.0125. The van der Waals surface area contributed by atoms with Gasteiger partial charge < -0.3 is 31.4 Å². The molecular formula is C28H35Br3K2N2O7. The van der Waals surface area contributed by atoms with Gasteiger partial charge in [0, 0.05) is 59.3 Å². The second-order valence-corrected chi connectivity index (χ2v) is 7.54. The number of phenols is 1. The SMILES string of the molecule is C.O=CO[O-].O=c1ccc2ccc(O)cc2[nH]1.[2H]C([2H])(Br)C([2H])([2H])C([2H])([2H])C([2H])([2H])Br.[2H]C([2H])(Br)C([2H])([2H])C([2H])([2H])C([2H])([2H])Oc1ccc2ccc(=O)[nH]c2c1.[H-].[K+].[K+]. The largest absolute Gasteiger partial charge is 1.00 e. The number of alkyl halides is 3. The van der Waals surface area contributed by atoms with Gasteiger partial charge in [-0.2, -0.15) is 0 Å². The monoisotopic (exact) mass is 842 g/mol. The molecule has 0 unspecified atom stereocenters. The number of aromatic nitrogens is 2. The zero-order valence-electron chi connectivity index (χ0n) is 38.4. The summed E-state index contributed by atoms with van der Waals surface area (Å²) in [5, 5.41) is 10.9. The number of rotatable bonds is 9. The Kier molecular flexibility index (Phi) is 17.2. The number of pyridine rings is 2. The maximum Gasteiger partial charge on any atom is 1.00 e. The molecule has 9 nitrogen and oxygen atoms in total. The van der Waals surface area contributed by atoms with Crippen molar-refractivity contribution in [3.05, 3.63) is 81.4 Å². The van der Waals surface area contributed by atoms with E-state index in [2.05, 4.69) is 62.6 Å². The maximum absolute atomic E-state index is 11.4. The first kappa shape index (κ1) is 23.9. The molecule has 42 heavy (non-hydrogen) atoms. The van der Waals surface area contributed by atoms with Gasteiger partial charge in [-0.25, -0.2) is 0 Å². The number of fused-ring (bicyclic) bond motifs is 2. The van der Waals surface area contributed by atoms with Crippen molar-refractivity contribution in [1.82, 2.24) is 9.97 Å². The van der Waals surface area contributed by atoms with E-state index in [4.69, 9.17) is 41.8 Å². The van der Waals surface area contributed by atoms with Crippen LogP contribution in [0.2, 0.25) is 0 Å². The molecule has 3 N–H and O–H groups in total. The predicted molar refractivity (Wildman–Crippen MR) is 171 cm³/mol. The molecule has 2 aromatic carbocycles. The van der Waals surface area contributed by atoms with Crippen LogP contribution >= 0.6 is 47.8 Å². The zero-order chi connectivity index (χ0) is 43.2. The van der Waals surface area contributed by atoms with E-state index in [1.54, 1.807) is 24.3 Å². The number of carbonyl (C=O) groups excluding carboxylic acids is 1. The van der Waals surface area contributed by atoms with Crippen LogP contribution < -0.4 is 124 Å². The summed E-state index contributed by atoms with van der Waals surface area (Å²) in [6, 6.07) is 15.0. The molecule has 0 bridgehead atoms. The van der Waals surface area contributed by atoms with Gasteiger partial charge in [-0.3, -0.25) is 14.4 Å². The molecule has 2 aromatic heterocycles. The normalized spacial score (nSPS) is 17.4. The van der Waals surface area contributed by atoms with Crippen molar-refractivity contribution in [2.24, 2.45) is 0 Å². The molecule has 0 saturated heterocycles. The summed E-state index contributed by atoms with van der Waals surface area (Å²) < 4.78 is 123. The number of ether oxygens (including phenoxy) is 1. The molecule has 0 radical (unpaired) electrons. The van der Waals surface area contributed by atoms with Crippen molar-refractivity contribution < 1.29 is 151 Å². The molecule has 0 aliphatic rings. The molecular weight excluding hydrogens is 794 g/mol. The molecule has 0 aliphatic heterocycles. The summed E-state index contributed by atoms with van der Waals surface area (Å²) in [5.41, 5.74) is 0.447. The summed E-state index contributed by atoms with van der Waals surface area (Å²) in [6.07, 6.45) is -12.7. The van der Waals surface area contributed by atoms with E-state index in [1.807, 2.05) is 0 Å². The average Bonchev–Trinajstić information content (AvgIpc) is 3.03. The second-order valence-electron chi connectivity index (χ2n) is 6.35. The molecule has 222 valence electrons. The zero-order valence-corrected chi connectivity index (χ0v) is 32.4. The van der Waals surface area contributed by atoms with Crippen molar-refractivity contribution >= 4 is 76.1 Å². The van der Waals surface area contributed by atoms with Crippen LogP contribution in [0.3, 0.4) is 0 Å². The molecule has 2 heterocycles. The van der Waals surface area contributed by atoms with Crippen LogP contribution in [0.4, 0.5) is 0 Å². The molecule has 0 spiro atoms. The molecule has 4 rings (SSSR count). The number of hydrogen-bond donors (Lipinski definition) is 3. The predicted octanol–water partition coefficient (Wildman–Crippen LogP) is 0.0634. The number of halogens is 3. The Morgan fingerprint density at radius 3 is 1.71 bits per heavy atom. The van der Waals surface area contributed by atoms with Crippen LogP contribution in [-0.2, 0) is 9.68 Å². The summed E-state index contributed by atoms with van der Waals surface area (Å²) in [7, 11) is 0. The number of hydrogen-bond acceptors (Lipinski definition) is 7. The van der Waals surface area contributed by atoms with Crippen LogP contribution in [0.1, 0.15) is 56.3 Å². The van der Waals surface area contributed by atoms with Gasteiger partial charge in [0.25, 0.3) is 6.47 Å². The van der Waals surface area contributed by atoms with E-state index in [0.29, 0.717) is 16.4 Å². The van der Waals surface area contributed by atoms with E-state index in [9.17, 15) is 9.59 Å². The summed E-state index contributed by atoms with van der Waals surface area (Å²) in [4.78, 5) is 38.6. The molecule has 0 aliphatic carbocycles. The minimum absolute atomic E-state index is 0. The van der Waals surface area contributed by atoms with Crippen molar-refractivity contribution in [1.29, 1.82) is 0 Å². The van der Waals surface area contributed by atoms with E-state index in [-0.39, 0.29) is 141 Å². The van der Waals surface area contributed by atoms with Crippen molar-refractivity contribution in [2.75, 3.05) is 22.4 Å². The van der Waals surface area contributed by atoms with Crippen LogP contribution in [0.5, 0.6) is 11.5 Å². The molecule has 0 amide bonds. The van der Waals surface area contributed by atoms with Crippen LogP contribution in [-0.4, -0.2) is 44.0 Å². The Morgan fingerprint density at radius 2 is 1.24 bits per heavy atom. The number of aromatic hydroxyl groups is 1. The fourth-order valence-electron chi connectivity index (χ4n) is 2.51. The summed E-state index contributed by atoms with van der Waals surface area (Å²) in [6.45, 7) is -3.39. The molecule has 0 saturated carbocycles. The van der Waals surface area contributed by atoms with Crippen LogP contribution in [0, 0.1) is 0 Å². The Labute approximate surface area is 380 Å². The number of benzene rings is 2. The smallest absolute Gasteiger partial charge is 1.00 e. The van der Waals surface area contributed by atoms with Crippen LogP contribution in [0.25, 0.3) is 21.8 Å². The first-order chi connectivity index (χ1) is 24.6. The van der Waals surface area contributed by atoms with Gasteiger partial charge in [-0.1, -0.05) is 55.2 Å². The minimum Gasteiger partial charge on any atom is -1.00 e. The van der Waals surface area contributed by atoms with Gasteiger partial charge in [0.15, 0.2) is 0 Å². The van der Waals surface area contributed by atoms with Gasteiger partial charge >= 0.3 is 103 Å². The number of aromatic amines is 2. The fourth-order valence-corrected chi connectivity index (χ4v) is 2.81. The minimum atomic E-state index is -3.36. The Bertz CT molecular complexity index is 2020. The van der Waals surface area contributed by atoms with Gasteiger partial charge in [0.1, 0.15) is 11.5 Å². The van der Waals surface area contributed by atoms with E-state index >= 15 is 0 Å². The van der Waals surface area contributed by atoms with Gasteiger partial charge in [0.05, 0.1) is 20.3 Å². The molecule has 14 heteroatoms. The van der Waals surface area contributed by atoms with E-state index < -0.39 is 47.9 Å². The molecule has 4 aromatic rings. The number of H-pyrrole nitrogens is 2. The van der Waals surface area contributed by atoms with Gasteiger partial charge in [-0.15, -0.1) is 0 Å². The van der Waals surface area contributed by atoms with E-state index in [0.717, 1.165) is 5.39 Å². The first-order valence-electron chi connectivity index (χ1n) is 18.0. The fraction of sp³-hybridized carbons (Fsp3) is 0.321. The standard InChI is InChI=1S/C13H14BrNO2.C9H7NO2.C4H8Br2.CH2O3.CH4.2K.H/c14-7-1-2-8-17-11-5-3-10-4-6-13(16)15-12(10)9-11;11-7-3-1-6-2-4-9(12)10-8(6)5-7;5-3-1-2-4-6;2-1-4-3;;;;/h3-6,9H,1-2,7-8H2,(H,15,16);1-5,11H,(H,10,12);1-4H2;1,3H;1H4;;;/q;;;;;2*+1;-1/p-1/i1D2,2D2,7D2,8D2;;1D2,2D2,3D2,4D2;;;;;. The Balaban J connectivity index is -0.000000381. The number of phenolic OH excluding ortho intramolecular Hbond substituents is 1. The summed E-state index contributed by atoms with van der Waals surface area (Å²) >= 11 is 7.13. The topological polar surface area (TPSA) is 145 Å². The Morgan fingerprint density at radius 1 is 0.810 bits per heavy atom. The third kappa shape index (κ3) is 21.4. The quantitative estimate of drug-likeness (QED) is 0.0712. The van der Waals surface area contributed by atoms with Gasteiger partial charge in [0.2, 0.25) is 11.1 Å². The van der Waals surface area contributed by atoms with Crippen LogP contribution in [0.15, 0.2) is 70.3 Å². The number of carbonyl (C=O) groups is 1. The van der Waals surface area contributed by atoms with Crippen molar-refractivity contribution in [3.8, 4) is 11.5 Å². The first-order valence-corrected chi connectivity index (χ1v) is 12.4. The third-order valence-corrected chi connectivity index (χ3v) is 4.53. The maximum atomic E-state index is 11.4. The van der Waals surface area contributed by atoms with Crippen molar-refractivity contribution in [3.63, 3.8) is 0 Å². The van der Waals surface area contributed by atoms with Crippen molar-refractivity contribution in [2.45, 2.75) is 32.9 Å². The Hall–Kier alpha value is 0.603. The average molecular weight is 846 g/mol. The second kappa shape index (κ2) is 30.3. The van der Waals surface area contributed by atoms with E-state index in [1.165, 1.54) is 36.4 Å².